The van der Waals surface area contributed by atoms with E-state index in [-0.39, 0.29) is 24.3 Å². The van der Waals surface area contributed by atoms with Crippen LogP contribution in [-0.2, 0) is 9.59 Å². The molecule has 1 N–H and O–H groups in total. The van der Waals surface area contributed by atoms with Gasteiger partial charge in [0.25, 0.3) is 0 Å². The Labute approximate surface area is 181 Å². The molecule has 1 aromatic heterocycles. The molecule has 1 saturated heterocycles. The van der Waals surface area contributed by atoms with Crippen LogP contribution < -0.4 is 15.0 Å². The van der Waals surface area contributed by atoms with Gasteiger partial charge in [-0.15, -0.1) is 0 Å². The van der Waals surface area contributed by atoms with E-state index in [9.17, 15) is 9.59 Å². The summed E-state index contributed by atoms with van der Waals surface area (Å²) in [4.78, 5) is 32.0. The molecule has 1 aliphatic rings. The standard InChI is InChI=1S/C25H25N3O3/c1-2-31-22-14-7-6-13-21(22)28-17-19(16-23(28)29)25(30)27-24(18-10-4-3-5-11-18)20-12-8-9-15-26-20/h3-15,19,24H,2,16-17H2,1H3,(H,27,30). The third-order valence-corrected chi connectivity index (χ3v) is 5.35. The van der Waals surface area contributed by atoms with Crippen molar-refractivity contribution in [3.05, 3.63) is 90.3 Å². The lowest BCUT2D eigenvalue weighted by Crippen LogP contribution is -2.36. The summed E-state index contributed by atoms with van der Waals surface area (Å²) in [5.74, 6) is -0.0437. The Kier molecular flexibility index (Phi) is 6.26. The fraction of sp³-hybridized carbons (Fsp3) is 0.240. The van der Waals surface area contributed by atoms with Crippen LogP contribution in [0.4, 0.5) is 5.69 Å². The number of ether oxygens (including phenoxy) is 1. The Morgan fingerprint density at radius 3 is 2.58 bits per heavy atom. The Morgan fingerprint density at radius 1 is 1.10 bits per heavy atom. The average Bonchev–Trinajstić information content (AvgIpc) is 3.20. The molecule has 2 unspecified atom stereocenters. The van der Waals surface area contributed by atoms with Crippen LogP contribution in [0, 0.1) is 5.92 Å². The Morgan fingerprint density at radius 2 is 1.84 bits per heavy atom. The number of anilines is 1. The molecular weight excluding hydrogens is 390 g/mol. The zero-order chi connectivity index (χ0) is 21.6. The zero-order valence-corrected chi connectivity index (χ0v) is 17.4. The topological polar surface area (TPSA) is 71.5 Å². The summed E-state index contributed by atoms with van der Waals surface area (Å²) in [6, 6.07) is 22.4. The van der Waals surface area contributed by atoms with Crippen molar-refractivity contribution < 1.29 is 14.3 Å². The molecule has 2 amide bonds. The first-order chi connectivity index (χ1) is 15.2. The first kappa shape index (κ1) is 20.6. The summed E-state index contributed by atoms with van der Waals surface area (Å²) in [6.07, 6.45) is 1.87. The average molecular weight is 415 g/mol. The molecule has 2 atom stereocenters. The van der Waals surface area contributed by atoms with Crippen LogP contribution in [0.2, 0.25) is 0 Å². The maximum Gasteiger partial charge on any atom is 0.227 e. The van der Waals surface area contributed by atoms with Gasteiger partial charge in [0.2, 0.25) is 11.8 Å². The quantitative estimate of drug-likeness (QED) is 0.638. The van der Waals surface area contributed by atoms with Gasteiger partial charge in [-0.05, 0) is 36.8 Å². The zero-order valence-electron chi connectivity index (χ0n) is 17.4. The maximum absolute atomic E-state index is 13.2. The third kappa shape index (κ3) is 4.58. The monoisotopic (exact) mass is 415 g/mol. The Hall–Kier alpha value is -3.67. The van der Waals surface area contributed by atoms with Gasteiger partial charge in [0.15, 0.2) is 0 Å². The Balaban J connectivity index is 1.54. The highest BCUT2D eigenvalue weighted by molar-refractivity contribution is 6.01. The fourth-order valence-corrected chi connectivity index (χ4v) is 3.85. The van der Waals surface area contributed by atoms with Crippen LogP contribution in [-0.4, -0.2) is 29.9 Å². The highest BCUT2D eigenvalue weighted by Crippen LogP contribution is 2.33. The summed E-state index contributed by atoms with van der Waals surface area (Å²) in [5, 5.41) is 3.11. The number of pyridine rings is 1. The van der Waals surface area contributed by atoms with Crippen LogP contribution in [0.1, 0.15) is 30.6 Å². The highest BCUT2D eigenvalue weighted by Gasteiger charge is 2.37. The van der Waals surface area contributed by atoms with E-state index >= 15 is 0 Å². The molecular formula is C25H25N3O3. The molecule has 2 aromatic carbocycles. The SMILES string of the molecule is CCOc1ccccc1N1CC(C(=O)NC(c2ccccc2)c2ccccn2)CC1=O. The van der Waals surface area contributed by atoms with E-state index in [1.54, 1.807) is 11.1 Å². The number of carbonyl (C=O) groups is 2. The predicted octanol–water partition coefficient (Wildman–Crippen LogP) is 3.74. The molecule has 0 radical (unpaired) electrons. The van der Waals surface area contributed by atoms with E-state index in [1.165, 1.54) is 0 Å². The van der Waals surface area contributed by atoms with Crippen LogP contribution >= 0.6 is 0 Å². The molecule has 0 aliphatic carbocycles. The summed E-state index contributed by atoms with van der Waals surface area (Å²) >= 11 is 0. The van der Waals surface area contributed by atoms with Crippen molar-refractivity contribution in [2.24, 2.45) is 5.92 Å². The molecule has 31 heavy (non-hydrogen) atoms. The smallest absolute Gasteiger partial charge is 0.227 e. The molecule has 0 bridgehead atoms. The van der Waals surface area contributed by atoms with E-state index < -0.39 is 5.92 Å². The van der Waals surface area contributed by atoms with Crippen LogP contribution in [0.5, 0.6) is 5.75 Å². The third-order valence-electron chi connectivity index (χ3n) is 5.35. The number of carbonyl (C=O) groups excluding carboxylic acids is 2. The normalized spacial score (nSPS) is 16.7. The molecule has 0 spiro atoms. The number of aromatic nitrogens is 1. The van der Waals surface area contributed by atoms with Crippen molar-refractivity contribution >= 4 is 17.5 Å². The molecule has 3 aromatic rings. The number of benzene rings is 2. The molecule has 1 fully saturated rings. The number of hydrogen-bond acceptors (Lipinski definition) is 4. The summed E-state index contributed by atoms with van der Waals surface area (Å²) < 4.78 is 5.67. The largest absolute Gasteiger partial charge is 0.492 e. The molecule has 6 nitrogen and oxygen atoms in total. The van der Waals surface area contributed by atoms with Crippen LogP contribution in [0.3, 0.4) is 0 Å². The second-order valence-corrected chi connectivity index (χ2v) is 7.41. The van der Waals surface area contributed by atoms with E-state index in [4.69, 9.17) is 4.74 Å². The number of hydrogen-bond donors (Lipinski definition) is 1. The summed E-state index contributed by atoms with van der Waals surface area (Å²) in [6.45, 7) is 2.73. The minimum atomic E-state index is -0.447. The van der Waals surface area contributed by atoms with Gasteiger partial charge in [-0.1, -0.05) is 48.5 Å². The van der Waals surface area contributed by atoms with Gasteiger partial charge < -0.3 is 15.0 Å². The Bertz CT molecular complexity index is 1000. The van der Waals surface area contributed by atoms with Crippen molar-refractivity contribution in [1.82, 2.24) is 10.3 Å². The lowest BCUT2D eigenvalue weighted by molar-refractivity contribution is -0.126. The van der Waals surface area contributed by atoms with Crippen molar-refractivity contribution in [3.8, 4) is 5.75 Å². The van der Waals surface area contributed by atoms with Crippen molar-refractivity contribution in [1.29, 1.82) is 0 Å². The molecule has 158 valence electrons. The van der Waals surface area contributed by atoms with Crippen molar-refractivity contribution in [2.75, 3.05) is 18.1 Å². The van der Waals surface area contributed by atoms with Gasteiger partial charge in [0.1, 0.15) is 5.75 Å². The van der Waals surface area contributed by atoms with E-state index in [0.717, 1.165) is 11.3 Å². The first-order valence-corrected chi connectivity index (χ1v) is 10.5. The lowest BCUT2D eigenvalue weighted by Gasteiger charge is -2.22. The van der Waals surface area contributed by atoms with Gasteiger partial charge in [-0.3, -0.25) is 14.6 Å². The second kappa shape index (κ2) is 9.43. The van der Waals surface area contributed by atoms with E-state index in [2.05, 4.69) is 10.3 Å². The minimum Gasteiger partial charge on any atom is -0.492 e. The predicted molar refractivity (Wildman–Crippen MR) is 119 cm³/mol. The number of rotatable bonds is 7. The number of amides is 2. The molecule has 6 heteroatoms. The van der Waals surface area contributed by atoms with Crippen molar-refractivity contribution in [2.45, 2.75) is 19.4 Å². The van der Waals surface area contributed by atoms with Gasteiger partial charge in [-0.25, -0.2) is 0 Å². The minimum absolute atomic E-state index is 0.0820. The highest BCUT2D eigenvalue weighted by atomic mass is 16.5. The van der Waals surface area contributed by atoms with Gasteiger partial charge in [0.05, 0.1) is 29.9 Å². The van der Waals surface area contributed by atoms with E-state index in [1.807, 2.05) is 79.7 Å². The number of nitrogens with one attached hydrogen (secondary N) is 1. The maximum atomic E-state index is 13.2. The fourth-order valence-electron chi connectivity index (χ4n) is 3.85. The summed E-state index contributed by atoms with van der Waals surface area (Å²) in [7, 11) is 0. The van der Waals surface area contributed by atoms with E-state index in [0.29, 0.717) is 24.6 Å². The van der Waals surface area contributed by atoms with Gasteiger partial charge in [-0.2, -0.15) is 0 Å². The van der Waals surface area contributed by atoms with Crippen molar-refractivity contribution in [3.63, 3.8) is 0 Å². The lowest BCUT2D eigenvalue weighted by atomic mass is 10.0. The van der Waals surface area contributed by atoms with Gasteiger partial charge in [0, 0.05) is 19.2 Å². The second-order valence-electron chi connectivity index (χ2n) is 7.41. The number of nitrogens with zero attached hydrogens (tertiary/aromatic N) is 2. The molecule has 1 aliphatic heterocycles. The van der Waals surface area contributed by atoms with Crippen LogP contribution in [0.25, 0.3) is 0 Å². The van der Waals surface area contributed by atoms with Gasteiger partial charge >= 0.3 is 0 Å². The van der Waals surface area contributed by atoms with Crippen LogP contribution in [0.15, 0.2) is 79.0 Å². The first-order valence-electron chi connectivity index (χ1n) is 10.5. The number of para-hydroxylation sites is 2. The summed E-state index contributed by atoms with van der Waals surface area (Å²) in [5.41, 5.74) is 2.40. The molecule has 4 rings (SSSR count). The molecule has 0 saturated carbocycles. The molecule has 2 heterocycles.